The van der Waals surface area contributed by atoms with Gasteiger partial charge in [-0.2, -0.15) is 0 Å². The molecule has 4 nitrogen and oxygen atoms in total. The van der Waals surface area contributed by atoms with Gasteiger partial charge in [0.25, 0.3) is 0 Å². The van der Waals surface area contributed by atoms with E-state index in [-0.39, 0.29) is 12.0 Å². The first-order valence-electron chi connectivity index (χ1n) is 6.42. The zero-order valence-corrected chi connectivity index (χ0v) is 11.0. The number of aldehydes is 1. The number of rotatable bonds is 1. The van der Waals surface area contributed by atoms with Crippen LogP contribution in [0.1, 0.15) is 26.2 Å². The predicted octanol–water partition coefficient (Wildman–Crippen LogP) is 1.70. The molecule has 0 radical (unpaired) electrons. The number of aliphatic hydroxyl groups excluding tert-OH is 1. The summed E-state index contributed by atoms with van der Waals surface area (Å²) in [4.78, 5) is 22.6. The molecule has 1 aliphatic carbocycles. The molecule has 0 aromatic rings. The number of carbonyl (C=O) groups excluding carboxylic acids is 2. The Morgan fingerprint density at radius 2 is 2.26 bits per heavy atom. The monoisotopic (exact) mass is 262 g/mol. The summed E-state index contributed by atoms with van der Waals surface area (Å²) in [7, 11) is 0. The highest BCUT2D eigenvalue weighted by Crippen LogP contribution is 2.34. The number of hydrogen-bond donors (Lipinski definition) is 1. The van der Waals surface area contributed by atoms with Gasteiger partial charge in [0.15, 0.2) is 0 Å². The Labute approximate surface area is 112 Å². The van der Waals surface area contributed by atoms with Crippen LogP contribution in [-0.4, -0.2) is 29.6 Å². The average Bonchev–Trinajstić information content (AvgIpc) is 2.63. The first-order valence-corrected chi connectivity index (χ1v) is 6.42. The van der Waals surface area contributed by atoms with Gasteiger partial charge in [0.05, 0.1) is 12.0 Å². The van der Waals surface area contributed by atoms with Crippen molar-refractivity contribution < 1.29 is 19.4 Å². The van der Waals surface area contributed by atoms with Gasteiger partial charge >= 0.3 is 5.97 Å². The van der Waals surface area contributed by atoms with Crippen LogP contribution in [0, 0.1) is 5.92 Å². The zero-order chi connectivity index (χ0) is 14.0. The minimum Gasteiger partial charge on any atom is -0.454 e. The molecule has 1 saturated heterocycles. The maximum atomic E-state index is 11.6. The fourth-order valence-corrected chi connectivity index (χ4v) is 2.59. The van der Waals surface area contributed by atoms with Crippen LogP contribution in [0.2, 0.25) is 0 Å². The van der Waals surface area contributed by atoms with E-state index in [4.69, 9.17) is 4.74 Å². The van der Waals surface area contributed by atoms with Gasteiger partial charge in [-0.15, -0.1) is 0 Å². The lowest BCUT2D eigenvalue weighted by atomic mass is 9.85. The van der Waals surface area contributed by atoms with E-state index in [1.54, 1.807) is 0 Å². The van der Waals surface area contributed by atoms with Gasteiger partial charge in [-0.25, -0.2) is 4.79 Å². The summed E-state index contributed by atoms with van der Waals surface area (Å²) in [5.74, 6) is -0.933. The fourth-order valence-electron chi connectivity index (χ4n) is 2.59. The molecule has 0 amide bonds. The molecule has 3 atom stereocenters. The quantitative estimate of drug-likeness (QED) is 0.338. The van der Waals surface area contributed by atoms with Gasteiger partial charge in [0.2, 0.25) is 0 Å². The Hall–Kier alpha value is -1.68. The second kappa shape index (κ2) is 5.53. The van der Waals surface area contributed by atoms with Crippen molar-refractivity contribution in [1.82, 2.24) is 0 Å². The molecule has 19 heavy (non-hydrogen) atoms. The Balaban J connectivity index is 2.34. The van der Waals surface area contributed by atoms with Gasteiger partial charge in [-0.3, -0.25) is 4.79 Å². The fraction of sp³-hybridized carbons (Fsp3) is 0.467. The molecule has 0 bridgehead atoms. The molecule has 0 unspecified atom stereocenters. The summed E-state index contributed by atoms with van der Waals surface area (Å²) in [5.41, 5.74) is 1.92. The molecule has 102 valence electrons. The van der Waals surface area contributed by atoms with Crippen LogP contribution >= 0.6 is 0 Å². The first kappa shape index (κ1) is 13.7. The molecule has 2 aliphatic rings. The third-order valence-corrected chi connectivity index (χ3v) is 3.67. The molecule has 0 saturated carbocycles. The van der Waals surface area contributed by atoms with Gasteiger partial charge in [-0.1, -0.05) is 18.2 Å². The highest BCUT2D eigenvalue weighted by molar-refractivity contribution is 5.91. The zero-order valence-electron chi connectivity index (χ0n) is 11.0. The molecular weight excluding hydrogens is 244 g/mol. The Kier molecular flexibility index (Phi) is 4.00. The van der Waals surface area contributed by atoms with Crippen molar-refractivity contribution in [3.05, 3.63) is 35.5 Å². The van der Waals surface area contributed by atoms with E-state index < -0.39 is 24.1 Å². The smallest absolute Gasteiger partial charge is 0.334 e. The number of carbonyl (C=O) groups is 2. The van der Waals surface area contributed by atoms with Crippen molar-refractivity contribution >= 4 is 12.3 Å². The van der Waals surface area contributed by atoms with E-state index in [1.807, 2.05) is 19.1 Å². The molecule has 2 rings (SSSR count). The van der Waals surface area contributed by atoms with E-state index in [0.717, 1.165) is 24.7 Å². The van der Waals surface area contributed by atoms with E-state index in [1.165, 1.54) is 0 Å². The molecule has 0 aromatic carbocycles. The number of ether oxygens (including phenoxy) is 1. The van der Waals surface area contributed by atoms with Crippen molar-refractivity contribution in [1.29, 1.82) is 0 Å². The van der Waals surface area contributed by atoms with E-state index in [0.29, 0.717) is 5.57 Å². The van der Waals surface area contributed by atoms with E-state index >= 15 is 0 Å². The maximum absolute atomic E-state index is 11.6. The second-order valence-electron chi connectivity index (χ2n) is 5.14. The SMILES string of the molecule is C=C1C(=O)O[C@@H]2/C=C(/C)CC/C=C(/C=O)C[C@@H](O)[C@@H]12. The van der Waals surface area contributed by atoms with E-state index in [9.17, 15) is 14.7 Å². The molecule has 1 N–H and O–H groups in total. The summed E-state index contributed by atoms with van der Waals surface area (Å²) in [6.45, 7) is 5.65. The first-order chi connectivity index (χ1) is 9.02. The summed E-state index contributed by atoms with van der Waals surface area (Å²) in [6.07, 6.45) is 4.96. The third kappa shape index (κ3) is 2.84. The Bertz CT molecular complexity index is 473. The van der Waals surface area contributed by atoms with Crippen molar-refractivity contribution in [2.24, 2.45) is 5.92 Å². The van der Waals surface area contributed by atoms with Crippen LogP contribution < -0.4 is 0 Å². The highest BCUT2D eigenvalue weighted by Gasteiger charge is 2.42. The van der Waals surface area contributed by atoms with Crippen molar-refractivity contribution in [3.63, 3.8) is 0 Å². The van der Waals surface area contributed by atoms with Crippen LogP contribution in [0.3, 0.4) is 0 Å². The second-order valence-corrected chi connectivity index (χ2v) is 5.14. The number of fused-ring (bicyclic) bond motifs is 1. The topological polar surface area (TPSA) is 63.6 Å². The average molecular weight is 262 g/mol. The lowest BCUT2D eigenvalue weighted by molar-refractivity contribution is -0.137. The molecule has 1 fully saturated rings. The largest absolute Gasteiger partial charge is 0.454 e. The van der Waals surface area contributed by atoms with E-state index in [2.05, 4.69) is 6.58 Å². The molecule has 0 spiro atoms. The lowest BCUT2D eigenvalue weighted by Gasteiger charge is -2.22. The number of hydrogen-bond acceptors (Lipinski definition) is 4. The summed E-state index contributed by atoms with van der Waals surface area (Å²) >= 11 is 0. The molecule has 1 aliphatic heterocycles. The van der Waals surface area contributed by atoms with Crippen LogP contribution in [0.15, 0.2) is 35.5 Å². The third-order valence-electron chi connectivity index (χ3n) is 3.67. The Morgan fingerprint density at radius 3 is 2.95 bits per heavy atom. The van der Waals surface area contributed by atoms with Crippen LogP contribution in [0.25, 0.3) is 0 Å². The predicted molar refractivity (Wildman–Crippen MR) is 70.3 cm³/mol. The van der Waals surface area contributed by atoms with Gasteiger partial charge in [0, 0.05) is 12.0 Å². The molecule has 4 heteroatoms. The van der Waals surface area contributed by atoms with Gasteiger partial charge in [-0.05, 0) is 31.4 Å². The number of esters is 1. The summed E-state index contributed by atoms with van der Waals surface area (Å²) < 4.78 is 5.24. The number of aliphatic hydroxyl groups is 1. The van der Waals surface area contributed by atoms with Crippen molar-refractivity contribution in [2.45, 2.75) is 38.4 Å². The van der Waals surface area contributed by atoms with Crippen LogP contribution in [0.4, 0.5) is 0 Å². The van der Waals surface area contributed by atoms with Crippen LogP contribution in [-0.2, 0) is 14.3 Å². The minimum absolute atomic E-state index is 0.229. The Morgan fingerprint density at radius 1 is 1.53 bits per heavy atom. The van der Waals surface area contributed by atoms with Crippen molar-refractivity contribution in [2.75, 3.05) is 0 Å². The molecular formula is C15H18O4. The molecule has 1 heterocycles. The normalized spacial score (nSPS) is 37.5. The van der Waals surface area contributed by atoms with Gasteiger partial charge in [0.1, 0.15) is 12.4 Å². The maximum Gasteiger partial charge on any atom is 0.334 e. The van der Waals surface area contributed by atoms with Gasteiger partial charge < -0.3 is 9.84 Å². The lowest BCUT2D eigenvalue weighted by Crippen LogP contribution is -2.29. The van der Waals surface area contributed by atoms with Crippen molar-refractivity contribution in [3.8, 4) is 0 Å². The minimum atomic E-state index is -0.831. The highest BCUT2D eigenvalue weighted by atomic mass is 16.6. The summed E-state index contributed by atoms with van der Waals surface area (Å²) in [6, 6.07) is 0. The number of allylic oxidation sites excluding steroid dienone is 2. The summed E-state index contributed by atoms with van der Waals surface area (Å²) in [5, 5.41) is 10.3. The molecule has 0 aromatic heterocycles. The standard InChI is InChI=1S/C15H18O4/c1-9-4-3-5-11(8-16)7-12(17)14-10(2)15(18)19-13(14)6-9/h5-6,8,12-14,17H,2-4,7H2,1H3/b9-6-,11-5+/t12-,13-,14-/m1/s1. The van der Waals surface area contributed by atoms with Crippen LogP contribution in [0.5, 0.6) is 0 Å².